The Labute approximate surface area is 104 Å². The lowest BCUT2D eigenvalue weighted by molar-refractivity contribution is 0.215. The van der Waals surface area contributed by atoms with E-state index in [0.717, 1.165) is 0 Å². The summed E-state index contributed by atoms with van der Waals surface area (Å²) in [6, 6.07) is 5.81. The number of pyridine rings is 1. The van der Waals surface area contributed by atoms with Gasteiger partial charge in [-0.1, -0.05) is 0 Å². The largest absolute Gasteiger partial charge is 0.497 e. The van der Waals surface area contributed by atoms with Gasteiger partial charge in [-0.2, -0.15) is 0 Å². The lowest BCUT2D eigenvalue weighted by Crippen LogP contribution is -2.06. The Morgan fingerprint density at radius 2 is 2.11 bits per heavy atom. The topological polar surface area (TPSA) is 68.4 Å². The molecule has 0 aliphatic carbocycles. The zero-order valence-corrected chi connectivity index (χ0v) is 9.80. The summed E-state index contributed by atoms with van der Waals surface area (Å²) in [5.74, 6) is -0.160. The SMILES string of the molecule is COc1ccc(C(O)c2cnccc2N)c(F)c1. The lowest BCUT2D eigenvalue weighted by atomic mass is 10.0. The van der Waals surface area contributed by atoms with Gasteiger partial charge in [-0.3, -0.25) is 4.98 Å². The van der Waals surface area contributed by atoms with Gasteiger partial charge in [-0.15, -0.1) is 0 Å². The van der Waals surface area contributed by atoms with Crippen molar-refractivity contribution in [3.63, 3.8) is 0 Å². The van der Waals surface area contributed by atoms with Crippen LogP contribution in [0.25, 0.3) is 0 Å². The number of anilines is 1. The van der Waals surface area contributed by atoms with E-state index in [9.17, 15) is 9.50 Å². The van der Waals surface area contributed by atoms with Crippen LogP contribution < -0.4 is 10.5 Å². The van der Waals surface area contributed by atoms with E-state index >= 15 is 0 Å². The van der Waals surface area contributed by atoms with Gasteiger partial charge in [0.15, 0.2) is 0 Å². The zero-order chi connectivity index (χ0) is 13.1. The van der Waals surface area contributed by atoms with Gasteiger partial charge >= 0.3 is 0 Å². The Morgan fingerprint density at radius 1 is 1.33 bits per heavy atom. The molecular formula is C13H13FN2O2. The van der Waals surface area contributed by atoms with Crippen molar-refractivity contribution >= 4 is 5.69 Å². The summed E-state index contributed by atoms with van der Waals surface area (Å²) in [7, 11) is 1.45. The number of aliphatic hydroxyl groups is 1. The number of nitrogens with zero attached hydrogens (tertiary/aromatic N) is 1. The standard InChI is InChI=1S/C13H13FN2O2/c1-18-8-2-3-9(11(14)6-8)13(17)10-7-16-5-4-12(10)15/h2-7,13,17H,1H3,(H2,15,16). The molecule has 0 spiro atoms. The molecule has 2 rings (SSSR count). The molecule has 1 aromatic carbocycles. The number of aromatic nitrogens is 1. The zero-order valence-electron chi connectivity index (χ0n) is 9.80. The molecule has 4 nitrogen and oxygen atoms in total. The molecular weight excluding hydrogens is 235 g/mol. The summed E-state index contributed by atoms with van der Waals surface area (Å²) in [5, 5.41) is 10.1. The number of rotatable bonds is 3. The number of halogens is 1. The molecule has 94 valence electrons. The fourth-order valence-electron chi connectivity index (χ4n) is 1.67. The summed E-state index contributed by atoms with van der Waals surface area (Å²) in [5.41, 5.74) is 6.60. The first kappa shape index (κ1) is 12.3. The molecule has 0 saturated carbocycles. The van der Waals surface area contributed by atoms with E-state index in [4.69, 9.17) is 10.5 Å². The van der Waals surface area contributed by atoms with Crippen molar-refractivity contribution in [2.24, 2.45) is 0 Å². The third kappa shape index (κ3) is 2.26. The van der Waals surface area contributed by atoms with Crippen LogP contribution in [0.5, 0.6) is 5.75 Å². The molecule has 0 saturated heterocycles. The smallest absolute Gasteiger partial charge is 0.133 e. The molecule has 0 aliphatic rings. The second kappa shape index (κ2) is 5.01. The Morgan fingerprint density at radius 3 is 2.72 bits per heavy atom. The van der Waals surface area contributed by atoms with Crippen LogP contribution in [-0.4, -0.2) is 17.2 Å². The van der Waals surface area contributed by atoms with Crippen molar-refractivity contribution in [3.8, 4) is 5.75 Å². The van der Waals surface area contributed by atoms with E-state index in [-0.39, 0.29) is 5.56 Å². The van der Waals surface area contributed by atoms with Gasteiger partial charge in [0, 0.05) is 35.3 Å². The molecule has 18 heavy (non-hydrogen) atoms. The predicted octanol–water partition coefficient (Wildman–Crippen LogP) is 1.89. The van der Waals surface area contributed by atoms with Gasteiger partial charge in [0.25, 0.3) is 0 Å². The number of hydrogen-bond donors (Lipinski definition) is 2. The molecule has 0 amide bonds. The third-order valence-corrected chi connectivity index (χ3v) is 2.68. The maximum absolute atomic E-state index is 13.8. The van der Waals surface area contributed by atoms with Crippen molar-refractivity contribution in [1.82, 2.24) is 4.98 Å². The summed E-state index contributed by atoms with van der Waals surface area (Å²) < 4.78 is 18.7. The number of aliphatic hydroxyl groups excluding tert-OH is 1. The first-order chi connectivity index (χ1) is 8.63. The number of ether oxygens (including phenoxy) is 1. The first-order valence-corrected chi connectivity index (χ1v) is 5.34. The molecule has 0 aliphatic heterocycles. The quantitative estimate of drug-likeness (QED) is 0.870. The van der Waals surface area contributed by atoms with Crippen molar-refractivity contribution in [3.05, 3.63) is 53.6 Å². The van der Waals surface area contributed by atoms with Crippen LogP contribution in [-0.2, 0) is 0 Å². The maximum atomic E-state index is 13.8. The minimum Gasteiger partial charge on any atom is -0.497 e. The van der Waals surface area contributed by atoms with Gasteiger partial charge in [0.2, 0.25) is 0 Å². The molecule has 1 aromatic heterocycles. The number of nitrogens with two attached hydrogens (primary N) is 1. The minimum atomic E-state index is -1.15. The highest BCUT2D eigenvalue weighted by Crippen LogP contribution is 2.29. The van der Waals surface area contributed by atoms with E-state index in [1.165, 1.54) is 31.6 Å². The van der Waals surface area contributed by atoms with E-state index in [0.29, 0.717) is 17.0 Å². The van der Waals surface area contributed by atoms with E-state index < -0.39 is 11.9 Å². The molecule has 0 radical (unpaired) electrons. The molecule has 1 heterocycles. The van der Waals surface area contributed by atoms with Crippen LogP contribution in [0.15, 0.2) is 36.7 Å². The Kier molecular flexibility index (Phi) is 3.43. The van der Waals surface area contributed by atoms with Crippen molar-refractivity contribution in [2.75, 3.05) is 12.8 Å². The molecule has 5 heteroatoms. The third-order valence-electron chi connectivity index (χ3n) is 2.68. The molecule has 0 bridgehead atoms. The summed E-state index contributed by atoms with van der Waals surface area (Å²) >= 11 is 0. The molecule has 1 atom stereocenters. The van der Waals surface area contributed by atoms with E-state index in [2.05, 4.69) is 4.98 Å². The summed E-state index contributed by atoms with van der Waals surface area (Å²) in [6.45, 7) is 0. The Hall–Kier alpha value is -2.14. The van der Waals surface area contributed by atoms with Gasteiger partial charge in [0.1, 0.15) is 17.7 Å². The van der Waals surface area contributed by atoms with Crippen LogP contribution in [0, 0.1) is 5.82 Å². The van der Waals surface area contributed by atoms with Crippen LogP contribution in [0.4, 0.5) is 10.1 Å². The van der Waals surface area contributed by atoms with Gasteiger partial charge in [-0.05, 0) is 18.2 Å². The summed E-state index contributed by atoms with van der Waals surface area (Å²) in [6.07, 6.45) is 1.78. The van der Waals surface area contributed by atoms with E-state index in [1.54, 1.807) is 12.1 Å². The lowest BCUT2D eigenvalue weighted by Gasteiger charge is -2.14. The number of hydrogen-bond acceptors (Lipinski definition) is 4. The van der Waals surface area contributed by atoms with Crippen molar-refractivity contribution < 1.29 is 14.2 Å². The average Bonchev–Trinajstić information content (AvgIpc) is 2.38. The molecule has 2 aromatic rings. The summed E-state index contributed by atoms with van der Waals surface area (Å²) in [4.78, 5) is 3.87. The van der Waals surface area contributed by atoms with Crippen LogP contribution in [0.2, 0.25) is 0 Å². The first-order valence-electron chi connectivity index (χ1n) is 5.34. The van der Waals surface area contributed by atoms with Crippen molar-refractivity contribution in [1.29, 1.82) is 0 Å². The monoisotopic (exact) mass is 248 g/mol. The number of nitrogen functional groups attached to an aromatic ring is 1. The van der Waals surface area contributed by atoms with Crippen molar-refractivity contribution in [2.45, 2.75) is 6.10 Å². The highest BCUT2D eigenvalue weighted by atomic mass is 19.1. The maximum Gasteiger partial charge on any atom is 0.133 e. The molecule has 0 fully saturated rings. The highest BCUT2D eigenvalue weighted by Gasteiger charge is 2.17. The second-order valence-corrected chi connectivity index (χ2v) is 3.79. The van der Waals surface area contributed by atoms with Crippen LogP contribution in [0.3, 0.4) is 0 Å². The normalized spacial score (nSPS) is 12.2. The van der Waals surface area contributed by atoms with Gasteiger partial charge in [0.05, 0.1) is 7.11 Å². The molecule has 1 unspecified atom stereocenters. The number of methoxy groups -OCH3 is 1. The predicted molar refractivity (Wildman–Crippen MR) is 65.7 cm³/mol. The highest BCUT2D eigenvalue weighted by molar-refractivity contribution is 5.49. The molecule has 3 N–H and O–H groups in total. The van der Waals surface area contributed by atoms with Crippen LogP contribution in [0.1, 0.15) is 17.2 Å². The second-order valence-electron chi connectivity index (χ2n) is 3.79. The number of benzene rings is 1. The fourth-order valence-corrected chi connectivity index (χ4v) is 1.67. The Bertz CT molecular complexity index is 560. The fraction of sp³-hybridized carbons (Fsp3) is 0.154. The van der Waals surface area contributed by atoms with Gasteiger partial charge in [-0.25, -0.2) is 4.39 Å². The van der Waals surface area contributed by atoms with Gasteiger partial charge < -0.3 is 15.6 Å². The van der Waals surface area contributed by atoms with E-state index in [1.807, 2.05) is 0 Å². The van der Waals surface area contributed by atoms with Crippen LogP contribution >= 0.6 is 0 Å². The Balaban J connectivity index is 2.40. The minimum absolute atomic E-state index is 0.135. The average molecular weight is 248 g/mol.